The number of hydrogen-bond acceptors (Lipinski definition) is 0. The number of rotatable bonds is 4. The van der Waals surface area contributed by atoms with Gasteiger partial charge >= 0.3 is 0 Å². The second-order valence-electron chi connectivity index (χ2n) is 12.2. The molecule has 0 heteroatoms. The summed E-state index contributed by atoms with van der Waals surface area (Å²) in [7, 11) is 0. The van der Waals surface area contributed by atoms with Crippen molar-refractivity contribution in [3.05, 3.63) is 0 Å². The molecule has 0 N–H and O–H groups in total. The van der Waals surface area contributed by atoms with Crippen molar-refractivity contribution in [2.75, 3.05) is 0 Å². The zero-order valence-electron chi connectivity index (χ0n) is 20.4. The Kier molecular flexibility index (Phi) is 8.43. The lowest BCUT2D eigenvalue weighted by molar-refractivity contribution is -0.00998. The van der Waals surface area contributed by atoms with Gasteiger partial charge in [0.25, 0.3) is 0 Å². The molecule has 0 aliphatic carbocycles. The fourth-order valence-electron chi connectivity index (χ4n) is 2.91. The Hall–Kier alpha value is 0. The molecular formula is C24H52. The topological polar surface area (TPSA) is 0 Å². The van der Waals surface area contributed by atoms with Crippen LogP contribution in [0.2, 0.25) is 0 Å². The van der Waals surface area contributed by atoms with E-state index in [-0.39, 0.29) is 0 Å². The van der Waals surface area contributed by atoms with E-state index in [1.54, 1.807) is 0 Å². The highest BCUT2D eigenvalue weighted by Gasteiger charge is 2.44. The highest BCUT2D eigenvalue weighted by Crippen LogP contribution is 2.53. The molecule has 0 aromatic carbocycles. The molecule has 24 heavy (non-hydrogen) atoms. The SMILES string of the molecule is CCC(C)(C)C(C)(C)C(C)(C)C.CCC(C)(C)C(C)(C)C(C)(C)C. The van der Waals surface area contributed by atoms with Crippen LogP contribution < -0.4 is 0 Å². The van der Waals surface area contributed by atoms with Crippen LogP contribution in [-0.2, 0) is 0 Å². The van der Waals surface area contributed by atoms with Crippen LogP contribution in [0.25, 0.3) is 0 Å². The van der Waals surface area contributed by atoms with Crippen molar-refractivity contribution in [1.29, 1.82) is 0 Å². The van der Waals surface area contributed by atoms with Gasteiger partial charge in [0.2, 0.25) is 0 Å². The predicted molar refractivity (Wildman–Crippen MR) is 115 cm³/mol. The van der Waals surface area contributed by atoms with E-state index in [1.807, 2.05) is 0 Å². The van der Waals surface area contributed by atoms with Crippen LogP contribution in [-0.4, -0.2) is 0 Å². The van der Waals surface area contributed by atoms with Crippen molar-refractivity contribution in [3.63, 3.8) is 0 Å². The van der Waals surface area contributed by atoms with Gasteiger partial charge in [-0.25, -0.2) is 0 Å². The molecule has 0 fully saturated rings. The highest BCUT2D eigenvalue weighted by atomic mass is 14.5. The van der Waals surface area contributed by atoms with Crippen molar-refractivity contribution < 1.29 is 0 Å². The van der Waals surface area contributed by atoms with E-state index in [1.165, 1.54) is 12.8 Å². The monoisotopic (exact) mass is 340 g/mol. The van der Waals surface area contributed by atoms with Crippen LogP contribution >= 0.6 is 0 Å². The standard InChI is InChI=1S/2C12H26/c2*1-9-11(5,6)12(7,8)10(2,3)4/h2*9H2,1-8H3. The Bertz CT molecular complexity index is 326. The van der Waals surface area contributed by atoms with Crippen LogP contribution in [0.1, 0.15) is 124 Å². The third kappa shape index (κ3) is 5.50. The molecule has 0 atom stereocenters. The first-order chi connectivity index (χ1) is 10.1. The molecule has 0 bridgehead atoms. The fourth-order valence-corrected chi connectivity index (χ4v) is 2.91. The average molecular weight is 341 g/mol. The summed E-state index contributed by atoms with van der Waals surface area (Å²) in [5.74, 6) is 0. The third-order valence-corrected chi connectivity index (χ3v) is 8.90. The summed E-state index contributed by atoms with van der Waals surface area (Å²) in [5, 5.41) is 0. The molecule has 0 radical (unpaired) electrons. The van der Waals surface area contributed by atoms with E-state index >= 15 is 0 Å². The Morgan fingerprint density at radius 3 is 0.583 bits per heavy atom. The Labute approximate surface area is 156 Å². The van der Waals surface area contributed by atoms with E-state index in [0.29, 0.717) is 32.5 Å². The Balaban J connectivity index is 0. The van der Waals surface area contributed by atoms with E-state index in [0.717, 1.165) is 0 Å². The van der Waals surface area contributed by atoms with Gasteiger partial charge in [-0.05, 0) is 32.5 Å². The maximum atomic E-state index is 2.39. The third-order valence-electron chi connectivity index (χ3n) is 8.90. The summed E-state index contributed by atoms with van der Waals surface area (Å²) in [5.41, 5.74) is 2.37. The smallest absolute Gasteiger partial charge is 0.0254 e. The van der Waals surface area contributed by atoms with Crippen LogP contribution in [0.15, 0.2) is 0 Å². The van der Waals surface area contributed by atoms with Gasteiger partial charge in [0.1, 0.15) is 0 Å². The molecule has 0 rings (SSSR count). The molecule has 0 nitrogen and oxygen atoms in total. The lowest BCUT2D eigenvalue weighted by Gasteiger charge is -2.50. The van der Waals surface area contributed by atoms with Crippen molar-refractivity contribution in [3.8, 4) is 0 Å². The van der Waals surface area contributed by atoms with E-state index in [4.69, 9.17) is 0 Å². The molecule has 0 heterocycles. The summed E-state index contributed by atoms with van der Waals surface area (Å²) in [6.07, 6.45) is 2.49. The van der Waals surface area contributed by atoms with Gasteiger partial charge in [0.15, 0.2) is 0 Å². The summed E-state index contributed by atoms with van der Waals surface area (Å²) in [4.78, 5) is 0. The molecule has 0 aromatic heterocycles. The fraction of sp³-hybridized carbons (Fsp3) is 1.00. The second kappa shape index (κ2) is 7.71. The molecule has 0 aliphatic rings. The van der Waals surface area contributed by atoms with Gasteiger partial charge < -0.3 is 0 Å². The first-order valence-electron chi connectivity index (χ1n) is 10.1. The molecule has 0 spiro atoms. The maximum absolute atomic E-state index is 2.39. The molecule has 0 unspecified atom stereocenters. The van der Waals surface area contributed by atoms with Gasteiger partial charge in [-0.15, -0.1) is 0 Å². The van der Waals surface area contributed by atoms with E-state index in [2.05, 4.69) is 111 Å². The summed E-state index contributed by atoms with van der Waals surface area (Å²) in [6.45, 7) is 37.6. The van der Waals surface area contributed by atoms with Crippen LogP contribution in [0, 0.1) is 32.5 Å². The number of hydrogen-bond donors (Lipinski definition) is 0. The minimum absolute atomic E-state index is 0.381. The van der Waals surface area contributed by atoms with Crippen molar-refractivity contribution in [1.82, 2.24) is 0 Å². The molecule has 0 saturated carbocycles. The quantitative estimate of drug-likeness (QED) is 0.479. The van der Waals surface area contributed by atoms with Gasteiger partial charge in [-0.1, -0.05) is 124 Å². The largest absolute Gasteiger partial charge is 0.0649 e. The first-order valence-corrected chi connectivity index (χ1v) is 10.1. The minimum atomic E-state index is 0.381. The maximum Gasteiger partial charge on any atom is -0.0254 e. The lowest BCUT2D eigenvalue weighted by Crippen LogP contribution is -2.42. The molecular weight excluding hydrogens is 288 g/mol. The van der Waals surface area contributed by atoms with Gasteiger partial charge in [0, 0.05) is 0 Å². The van der Waals surface area contributed by atoms with Crippen molar-refractivity contribution in [2.24, 2.45) is 32.5 Å². The van der Waals surface area contributed by atoms with Crippen LogP contribution in [0.3, 0.4) is 0 Å². The summed E-state index contributed by atoms with van der Waals surface area (Å²) >= 11 is 0. The average Bonchev–Trinajstić information content (AvgIpc) is 2.36. The Morgan fingerprint density at radius 1 is 0.375 bits per heavy atom. The predicted octanol–water partition coefficient (Wildman–Crippen LogP) is 8.99. The van der Waals surface area contributed by atoms with Gasteiger partial charge in [-0.2, -0.15) is 0 Å². The summed E-state index contributed by atoms with van der Waals surface area (Å²) in [6, 6.07) is 0. The van der Waals surface area contributed by atoms with Crippen molar-refractivity contribution >= 4 is 0 Å². The molecule has 0 amide bonds. The highest BCUT2D eigenvalue weighted by molar-refractivity contribution is 4.94. The molecule has 0 aromatic rings. The van der Waals surface area contributed by atoms with Gasteiger partial charge in [0.05, 0.1) is 0 Å². The van der Waals surface area contributed by atoms with Gasteiger partial charge in [-0.3, -0.25) is 0 Å². The molecule has 0 saturated heterocycles. The van der Waals surface area contributed by atoms with Crippen molar-refractivity contribution in [2.45, 2.75) is 124 Å². The van der Waals surface area contributed by atoms with E-state index in [9.17, 15) is 0 Å². The zero-order valence-corrected chi connectivity index (χ0v) is 20.4. The Morgan fingerprint density at radius 2 is 0.542 bits per heavy atom. The first kappa shape index (κ1) is 26.2. The zero-order chi connectivity index (χ0) is 20.4. The van der Waals surface area contributed by atoms with E-state index < -0.39 is 0 Å². The normalized spacial score (nSPS) is 15.0. The minimum Gasteiger partial charge on any atom is -0.0649 e. The summed E-state index contributed by atoms with van der Waals surface area (Å²) < 4.78 is 0. The lowest BCUT2D eigenvalue weighted by atomic mass is 9.55. The molecule has 148 valence electrons. The van der Waals surface area contributed by atoms with Crippen LogP contribution in [0.4, 0.5) is 0 Å². The molecule has 0 aliphatic heterocycles. The van der Waals surface area contributed by atoms with Crippen LogP contribution in [0.5, 0.6) is 0 Å². The second-order valence-corrected chi connectivity index (χ2v) is 12.2.